The number of ketones is 1. The van der Waals surface area contributed by atoms with Gasteiger partial charge < -0.3 is 4.74 Å². The Morgan fingerprint density at radius 1 is 0.840 bits per heavy atom. The molecule has 0 spiro atoms. The topological polar surface area (TPSA) is 43.4 Å². The van der Waals surface area contributed by atoms with E-state index in [4.69, 9.17) is 4.74 Å². The van der Waals surface area contributed by atoms with Crippen LogP contribution in [0.1, 0.15) is 48.0 Å². The van der Waals surface area contributed by atoms with Crippen LogP contribution in [0.25, 0.3) is 6.08 Å². The van der Waals surface area contributed by atoms with Crippen LogP contribution in [0.15, 0.2) is 66.7 Å². The molecule has 25 heavy (non-hydrogen) atoms. The maximum absolute atomic E-state index is 13.0. The van der Waals surface area contributed by atoms with Crippen LogP contribution in [0.2, 0.25) is 0 Å². The van der Waals surface area contributed by atoms with Gasteiger partial charge >= 0.3 is 5.97 Å². The van der Waals surface area contributed by atoms with Crippen molar-refractivity contribution in [3.8, 4) is 0 Å². The Morgan fingerprint density at radius 2 is 1.44 bits per heavy atom. The average Bonchev–Trinajstić information content (AvgIpc) is 2.68. The van der Waals surface area contributed by atoms with Crippen LogP contribution in [0, 0.1) is 0 Å². The van der Waals surface area contributed by atoms with Gasteiger partial charge in [-0.05, 0) is 37.3 Å². The van der Waals surface area contributed by atoms with E-state index in [1.807, 2.05) is 48.5 Å². The van der Waals surface area contributed by atoms with Gasteiger partial charge in [-0.3, -0.25) is 4.79 Å². The van der Waals surface area contributed by atoms with Crippen LogP contribution >= 0.6 is 0 Å². The van der Waals surface area contributed by atoms with Crippen LogP contribution in [-0.2, 0) is 9.53 Å². The van der Waals surface area contributed by atoms with Crippen molar-refractivity contribution in [1.29, 1.82) is 0 Å². The van der Waals surface area contributed by atoms with Gasteiger partial charge in [0, 0.05) is 11.6 Å². The van der Waals surface area contributed by atoms with Crippen LogP contribution in [0.5, 0.6) is 0 Å². The van der Waals surface area contributed by atoms with Crippen molar-refractivity contribution in [3.63, 3.8) is 0 Å². The lowest BCUT2D eigenvalue weighted by Gasteiger charge is -2.35. The number of rotatable bonds is 5. The molecule has 3 rings (SSSR count). The van der Waals surface area contributed by atoms with Crippen molar-refractivity contribution in [3.05, 3.63) is 77.9 Å². The summed E-state index contributed by atoms with van der Waals surface area (Å²) in [6, 6.07) is 18.7. The van der Waals surface area contributed by atoms with Gasteiger partial charge in [-0.1, -0.05) is 67.1 Å². The Morgan fingerprint density at radius 3 is 2.08 bits per heavy atom. The zero-order valence-corrected chi connectivity index (χ0v) is 14.2. The average molecular weight is 334 g/mol. The number of carbonyl (C=O) groups is 2. The van der Waals surface area contributed by atoms with Crippen LogP contribution in [-0.4, -0.2) is 17.4 Å². The Kier molecular flexibility index (Phi) is 5.44. The number of carbonyl (C=O) groups excluding carboxylic acids is 2. The van der Waals surface area contributed by atoms with Crippen molar-refractivity contribution in [1.82, 2.24) is 0 Å². The zero-order valence-electron chi connectivity index (χ0n) is 14.2. The van der Waals surface area contributed by atoms with Gasteiger partial charge in [0.25, 0.3) is 0 Å². The largest absolute Gasteiger partial charge is 0.447 e. The monoisotopic (exact) mass is 334 g/mol. The number of ether oxygens (including phenoxy) is 1. The van der Waals surface area contributed by atoms with Crippen LogP contribution in [0.3, 0.4) is 0 Å². The summed E-state index contributed by atoms with van der Waals surface area (Å²) < 4.78 is 5.74. The number of Topliss-reactive ketones (excluding diaryl/α,β-unsaturated/α-hetero) is 1. The van der Waals surface area contributed by atoms with Crippen molar-refractivity contribution in [2.45, 2.75) is 37.7 Å². The van der Waals surface area contributed by atoms with Gasteiger partial charge in [0.2, 0.25) is 5.78 Å². The van der Waals surface area contributed by atoms with E-state index in [1.54, 1.807) is 18.2 Å². The van der Waals surface area contributed by atoms with E-state index in [-0.39, 0.29) is 5.78 Å². The summed E-state index contributed by atoms with van der Waals surface area (Å²) in [4.78, 5) is 25.4. The van der Waals surface area contributed by atoms with Crippen molar-refractivity contribution in [2.75, 3.05) is 0 Å². The Bertz CT molecular complexity index is 741. The second-order valence-electron chi connectivity index (χ2n) is 6.42. The van der Waals surface area contributed by atoms with E-state index >= 15 is 0 Å². The minimum absolute atomic E-state index is 0.0886. The molecule has 0 saturated heterocycles. The van der Waals surface area contributed by atoms with Gasteiger partial charge in [0.1, 0.15) is 0 Å². The molecule has 128 valence electrons. The summed E-state index contributed by atoms with van der Waals surface area (Å²) in [5.41, 5.74) is 0.494. The molecule has 0 bridgehead atoms. The third-order valence-electron chi connectivity index (χ3n) is 4.62. The van der Waals surface area contributed by atoms with E-state index in [9.17, 15) is 9.59 Å². The number of hydrogen-bond acceptors (Lipinski definition) is 3. The molecule has 0 radical (unpaired) electrons. The summed E-state index contributed by atoms with van der Waals surface area (Å²) >= 11 is 0. The normalized spacial score (nSPS) is 16.5. The first-order chi connectivity index (χ1) is 12.2. The quantitative estimate of drug-likeness (QED) is 0.447. The number of esters is 1. The molecule has 1 fully saturated rings. The van der Waals surface area contributed by atoms with E-state index in [2.05, 4.69) is 0 Å². The Balaban J connectivity index is 1.78. The molecule has 0 aromatic heterocycles. The minimum Gasteiger partial charge on any atom is -0.447 e. The van der Waals surface area contributed by atoms with Crippen LogP contribution in [0.4, 0.5) is 0 Å². The summed E-state index contributed by atoms with van der Waals surface area (Å²) in [7, 11) is 0. The van der Waals surface area contributed by atoms with Gasteiger partial charge in [-0.25, -0.2) is 4.79 Å². The first kappa shape index (κ1) is 17.2. The molecular weight excluding hydrogens is 312 g/mol. The SMILES string of the molecule is O=C(C=Cc1ccccc1)OC1(C(=O)c2ccccc2)CCCCC1. The maximum Gasteiger partial charge on any atom is 0.331 e. The lowest BCUT2D eigenvalue weighted by atomic mass is 9.79. The van der Waals surface area contributed by atoms with Gasteiger partial charge in [0.15, 0.2) is 5.60 Å². The molecule has 0 N–H and O–H groups in total. The minimum atomic E-state index is -1.03. The van der Waals surface area contributed by atoms with E-state index in [0.29, 0.717) is 18.4 Å². The number of benzene rings is 2. The zero-order chi connectivity index (χ0) is 17.5. The third kappa shape index (κ3) is 4.24. The summed E-state index contributed by atoms with van der Waals surface area (Å²) in [6.45, 7) is 0. The molecule has 1 saturated carbocycles. The predicted molar refractivity (Wildman–Crippen MR) is 98.2 cm³/mol. The lowest BCUT2D eigenvalue weighted by molar-refractivity contribution is -0.151. The molecule has 2 aromatic carbocycles. The lowest BCUT2D eigenvalue weighted by Crippen LogP contribution is -2.44. The molecule has 3 heteroatoms. The molecule has 1 aliphatic rings. The highest BCUT2D eigenvalue weighted by Crippen LogP contribution is 2.35. The van der Waals surface area contributed by atoms with E-state index in [0.717, 1.165) is 24.8 Å². The molecular formula is C22H22O3. The van der Waals surface area contributed by atoms with Gasteiger partial charge in [0.05, 0.1) is 0 Å². The fraction of sp³-hybridized carbons (Fsp3) is 0.273. The second kappa shape index (κ2) is 7.93. The first-order valence-corrected chi connectivity index (χ1v) is 8.76. The number of hydrogen-bond donors (Lipinski definition) is 0. The molecule has 0 aliphatic heterocycles. The second-order valence-corrected chi connectivity index (χ2v) is 6.42. The Labute approximate surface area is 148 Å². The summed E-state index contributed by atoms with van der Waals surface area (Å²) in [5, 5.41) is 0. The fourth-order valence-corrected chi connectivity index (χ4v) is 3.31. The molecule has 0 unspecified atom stereocenters. The molecule has 1 aliphatic carbocycles. The van der Waals surface area contributed by atoms with Gasteiger partial charge in [-0.2, -0.15) is 0 Å². The van der Waals surface area contributed by atoms with Crippen LogP contribution < -0.4 is 0 Å². The molecule has 2 aromatic rings. The highest BCUT2D eigenvalue weighted by atomic mass is 16.6. The van der Waals surface area contributed by atoms with E-state index in [1.165, 1.54) is 6.08 Å². The molecule has 0 amide bonds. The fourth-order valence-electron chi connectivity index (χ4n) is 3.31. The third-order valence-corrected chi connectivity index (χ3v) is 4.62. The maximum atomic E-state index is 13.0. The summed E-state index contributed by atoms with van der Waals surface area (Å²) in [5.74, 6) is -0.552. The molecule has 3 nitrogen and oxygen atoms in total. The van der Waals surface area contributed by atoms with Crippen molar-refractivity contribution >= 4 is 17.8 Å². The highest BCUT2D eigenvalue weighted by Gasteiger charge is 2.43. The Hall–Kier alpha value is -2.68. The predicted octanol–water partition coefficient (Wildman–Crippen LogP) is 4.83. The molecule has 0 atom stereocenters. The summed E-state index contributed by atoms with van der Waals surface area (Å²) in [6.07, 6.45) is 7.16. The van der Waals surface area contributed by atoms with E-state index < -0.39 is 11.6 Å². The first-order valence-electron chi connectivity index (χ1n) is 8.76. The highest BCUT2D eigenvalue weighted by molar-refractivity contribution is 6.04. The standard InChI is InChI=1S/C22H22O3/c23-20(15-14-18-10-4-1-5-11-18)25-22(16-8-3-9-17-22)21(24)19-12-6-2-7-13-19/h1-2,4-7,10-15H,3,8-9,16-17H2. The van der Waals surface area contributed by atoms with Crippen molar-refractivity contribution in [2.24, 2.45) is 0 Å². The van der Waals surface area contributed by atoms with Crippen molar-refractivity contribution < 1.29 is 14.3 Å². The van der Waals surface area contributed by atoms with Gasteiger partial charge in [-0.15, -0.1) is 0 Å². The molecule has 0 heterocycles. The smallest absolute Gasteiger partial charge is 0.331 e.